The van der Waals surface area contributed by atoms with Gasteiger partial charge in [-0.3, -0.25) is 4.99 Å². The smallest absolute Gasteiger partial charge is 0.191 e. The van der Waals surface area contributed by atoms with Crippen LogP contribution in [0.3, 0.4) is 0 Å². The molecule has 2 fully saturated rings. The summed E-state index contributed by atoms with van der Waals surface area (Å²) in [6, 6.07) is 0. The number of piperidine rings is 1. The van der Waals surface area contributed by atoms with Gasteiger partial charge in [0.2, 0.25) is 0 Å². The van der Waals surface area contributed by atoms with Crippen LogP contribution in [0.2, 0.25) is 0 Å². The molecule has 0 aromatic carbocycles. The molecular formula is C13H26IN3O2S. The lowest BCUT2D eigenvalue weighted by atomic mass is 10.00. The molecule has 2 aliphatic heterocycles. The van der Waals surface area contributed by atoms with Gasteiger partial charge in [0, 0.05) is 19.6 Å². The van der Waals surface area contributed by atoms with E-state index < -0.39 is 9.84 Å². The van der Waals surface area contributed by atoms with Gasteiger partial charge in [-0.05, 0) is 37.5 Å². The van der Waals surface area contributed by atoms with Crippen molar-refractivity contribution in [3.63, 3.8) is 0 Å². The van der Waals surface area contributed by atoms with E-state index in [2.05, 4.69) is 16.8 Å². The van der Waals surface area contributed by atoms with Crippen LogP contribution >= 0.6 is 24.0 Å². The Morgan fingerprint density at radius 1 is 1.30 bits per heavy atom. The van der Waals surface area contributed by atoms with Crippen molar-refractivity contribution in [3.05, 3.63) is 0 Å². The zero-order valence-electron chi connectivity index (χ0n) is 12.1. The van der Waals surface area contributed by atoms with E-state index in [0.29, 0.717) is 18.3 Å². The van der Waals surface area contributed by atoms with Gasteiger partial charge in [-0.2, -0.15) is 0 Å². The van der Waals surface area contributed by atoms with Gasteiger partial charge in [-0.15, -0.1) is 24.0 Å². The van der Waals surface area contributed by atoms with Crippen LogP contribution in [-0.2, 0) is 9.84 Å². The molecule has 0 saturated carbocycles. The van der Waals surface area contributed by atoms with Crippen molar-refractivity contribution >= 4 is 39.8 Å². The number of hydrogen-bond donors (Lipinski definition) is 1. The third-order valence-electron chi connectivity index (χ3n) is 4.18. The molecule has 0 radical (unpaired) electrons. The second-order valence-corrected chi connectivity index (χ2v) is 8.22. The predicted molar refractivity (Wildman–Crippen MR) is 93.3 cm³/mol. The van der Waals surface area contributed by atoms with Crippen LogP contribution in [0.15, 0.2) is 4.99 Å². The molecule has 20 heavy (non-hydrogen) atoms. The molecule has 5 nitrogen and oxygen atoms in total. The molecule has 1 atom stereocenters. The summed E-state index contributed by atoms with van der Waals surface area (Å²) in [7, 11) is -2.84. The molecule has 2 aliphatic rings. The number of aliphatic imine (C=N–C) groups is 1. The molecule has 0 aromatic rings. The van der Waals surface area contributed by atoms with Crippen molar-refractivity contribution in [3.8, 4) is 0 Å². The Morgan fingerprint density at radius 2 is 1.95 bits per heavy atom. The summed E-state index contributed by atoms with van der Waals surface area (Å²) in [5.41, 5.74) is 6.01. The summed E-state index contributed by atoms with van der Waals surface area (Å²) in [5, 5.41) is 0. The van der Waals surface area contributed by atoms with E-state index in [4.69, 9.17) is 5.73 Å². The molecule has 0 aromatic heterocycles. The number of halogens is 1. The summed E-state index contributed by atoms with van der Waals surface area (Å²) in [4.78, 5) is 6.54. The molecule has 2 N–H and O–H groups in total. The highest BCUT2D eigenvalue weighted by Crippen LogP contribution is 2.19. The predicted octanol–water partition coefficient (Wildman–Crippen LogP) is 1.48. The van der Waals surface area contributed by atoms with E-state index in [1.54, 1.807) is 0 Å². The van der Waals surface area contributed by atoms with Gasteiger partial charge in [0.05, 0.1) is 11.5 Å². The molecule has 118 valence electrons. The molecule has 1 unspecified atom stereocenters. The normalized spacial score (nSPS) is 27.9. The van der Waals surface area contributed by atoms with Crippen LogP contribution in [0.4, 0.5) is 0 Å². The average molecular weight is 415 g/mol. The van der Waals surface area contributed by atoms with Gasteiger partial charge in [0.15, 0.2) is 15.8 Å². The minimum absolute atomic E-state index is 0. The lowest BCUT2D eigenvalue weighted by Gasteiger charge is -2.31. The highest BCUT2D eigenvalue weighted by atomic mass is 127. The van der Waals surface area contributed by atoms with Gasteiger partial charge >= 0.3 is 0 Å². The molecular weight excluding hydrogens is 389 g/mol. The van der Waals surface area contributed by atoms with Gasteiger partial charge in [-0.1, -0.05) is 6.92 Å². The Hall–Kier alpha value is -0.0500. The van der Waals surface area contributed by atoms with Gasteiger partial charge in [0.25, 0.3) is 0 Å². The zero-order valence-corrected chi connectivity index (χ0v) is 15.3. The van der Waals surface area contributed by atoms with Crippen molar-refractivity contribution in [2.45, 2.75) is 32.6 Å². The molecule has 0 aliphatic carbocycles. The van der Waals surface area contributed by atoms with E-state index >= 15 is 0 Å². The number of nitrogens with zero attached hydrogens (tertiary/aromatic N) is 2. The van der Waals surface area contributed by atoms with E-state index in [1.165, 1.54) is 0 Å². The first-order valence-electron chi connectivity index (χ1n) is 7.21. The van der Waals surface area contributed by atoms with Crippen molar-refractivity contribution in [2.24, 2.45) is 22.6 Å². The van der Waals surface area contributed by atoms with Gasteiger partial charge in [-0.25, -0.2) is 8.42 Å². The highest BCUT2D eigenvalue weighted by Gasteiger charge is 2.25. The van der Waals surface area contributed by atoms with Crippen LogP contribution in [0.25, 0.3) is 0 Å². The molecule has 7 heteroatoms. The third kappa shape index (κ3) is 5.38. The summed E-state index contributed by atoms with van der Waals surface area (Å²) < 4.78 is 23.1. The second-order valence-electron chi connectivity index (χ2n) is 5.99. The van der Waals surface area contributed by atoms with Crippen molar-refractivity contribution in [1.82, 2.24) is 4.90 Å². The van der Waals surface area contributed by atoms with Crippen molar-refractivity contribution in [1.29, 1.82) is 0 Å². The molecule has 0 bridgehead atoms. The minimum atomic E-state index is -2.84. The Morgan fingerprint density at radius 3 is 2.55 bits per heavy atom. The highest BCUT2D eigenvalue weighted by molar-refractivity contribution is 14.0. The van der Waals surface area contributed by atoms with Crippen LogP contribution in [0, 0.1) is 11.8 Å². The maximum atomic E-state index is 11.6. The van der Waals surface area contributed by atoms with Crippen LogP contribution in [0.1, 0.15) is 32.6 Å². The Bertz CT molecular complexity index is 431. The number of guanidine groups is 1. The number of likely N-dealkylation sites (tertiary alicyclic amines) is 1. The lowest BCUT2D eigenvalue weighted by molar-refractivity contribution is 0.277. The van der Waals surface area contributed by atoms with E-state index in [9.17, 15) is 8.42 Å². The Balaban J connectivity index is 0.00000200. The topological polar surface area (TPSA) is 75.8 Å². The Labute approximate surface area is 139 Å². The fraction of sp³-hybridized carbons (Fsp3) is 0.923. The summed E-state index contributed by atoms with van der Waals surface area (Å²) >= 11 is 0. The fourth-order valence-corrected chi connectivity index (χ4v) is 4.59. The molecule has 2 rings (SSSR count). The zero-order chi connectivity index (χ0) is 13.9. The van der Waals surface area contributed by atoms with E-state index in [1.807, 2.05) is 0 Å². The molecule has 0 spiro atoms. The lowest BCUT2D eigenvalue weighted by Crippen LogP contribution is -2.43. The average Bonchev–Trinajstić information content (AvgIpc) is 2.36. The largest absolute Gasteiger partial charge is 0.370 e. The van der Waals surface area contributed by atoms with Crippen LogP contribution in [-0.4, -0.2) is 50.4 Å². The molecule has 0 amide bonds. The van der Waals surface area contributed by atoms with Crippen LogP contribution in [0.5, 0.6) is 0 Å². The quantitative estimate of drug-likeness (QED) is 0.421. The maximum Gasteiger partial charge on any atom is 0.191 e. The van der Waals surface area contributed by atoms with Gasteiger partial charge in [0.1, 0.15) is 0 Å². The summed E-state index contributed by atoms with van der Waals surface area (Å²) in [6.45, 7) is 4.76. The van der Waals surface area contributed by atoms with E-state index in [0.717, 1.165) is 44.7 Å². The second kappa shape index (κ2) is 7.82. The maximum absolute atomic E-state index is 11.6. The summed E-state index contributed by atoms with van der Waals surface area (Å²) in [6.07, 6.45) is 4.04. The Kier molecular flexibility index (Phi) is 7.03. The first-order valence-corrected chi connectivity index (χ1v) is 9.04. The monoisotopic (exact) mass is 415 g/mol. The first kappa shape index (κ1) is 18.0. The number of hydrogen-bond acceptors (Lipinski definition) is 3. The SMILES string of the molecule is CC1CCN(C(N)=NCC2CCCS(=O)(=O)C2)CC1.I. The standard InChI is InChI=1S/C13H25N3O2S.HI/c1-11-4-6-16(7-5-11)13(14)15-9-12-3-2-8-19(17,18)10-12;/h11-12H,2-10H2,1H3,(H2,14,15);1H. The third-order valence-corrected chi connectivity index (χ3v) is 6.07. The van der Waals surface area contributed by atoms with Crippen molar-refractivity contribution < 1.29 is 8.42 Å². The number of rotatable bonds is 2. The van der Waals surface area contributed by atoms with Gasteiger partial charge < -0.3 is 10.6 Å². The molecule has 2 saturated heterocycles. The summed E-state index contributed by atoms with van der Waals surface area (Å²) in [5.74, 6) is 2.14. The first-order chi connectivity index (χ1) is 8.96. The number of nitrogens with two attached hydrogens (primary N) is 1. The van der Waals surface area contributed by atoms with Crippen LogP contribution < -0.4 is 5.73 Å². The van der Waals surface area contributed by atoms with Crippen molar-refractivity contribution in [2.75, 3.05) is 31.1 Å². The van der Waals surface area contributed by atoms with E-state index in [-0.39, 0.29) is 35.6 Å². The number of sulfone groups is 1. The fourth-order valence-electron chi connectivity index (χ4n) is 2.82. The minimum Gasteiger partial charge on any atom is -0.370 e. The molecule has 2 heterocycles.